The third-order valence-electron chi connectivity index (χ3n) is 0.309. The van der Waals surface area contributed by atoms with Crippen molar-refractivity contribution in [2.24, 2.45) is 0 Å². The van der Waals surface area contributed by atoms with Crippen molar-refractivity contribution in [2.75, 3.05) is 0 Å². The maximum absolute atomic E-state index is 2.58. The van der Waals surface area contributed by atoms with E-state index in [0.717, 1.165) is 0 Å². The van der Waals surface area contributed by atoms with E-state index in [4.69, 9.17) is 0 Å². The summed E-state index contributed by atoms with van der Waals surface area (Å²) in [6.07, 6.45) is 0. The van der Waals surface area contributed by atoms with E-state index in [-0.39, 0.29) is 0 Å². The van der Waals surface area contributed by atoms with Gasteiger partial charge in [-0.2, -0.15) is 0 Å². The van der Waals surface area contributed by atoms with Crippen LogP contribution in [0.3, 0.4) is 0 Å². The second kappa shape index (κ2) is 4.26. The van der Waals surface area contributed by atoms with Crippen molar-refractivity contribution in [1.29, 1.82) is 0 Å². The molecule has 0 amide bonds. The van der Waals surface area contributed by atoms with E-state index in [1.54, 1.807) is 0 Å². The first kappa shape index (κ1) is 7.10. The molecule has 0 aromatic heterocycles. The van der Waals surface area contributed by atoms with Crippen LogP contribution in [-0.4, -0.2) is 9.12 Å². The monoisotopic (exact) mass is 352 g/mol. The molecule has 0 heterocycles. The summed E-state index contributed by atoms with van der Waals surface area (Å²) in [5.41, 5.74) is 0. The predicted molar refractivity (Wildman–Crippen MR) is 44.3 cm³/mol. The average molecular weight is 353 g/mol. The zero-order valence-electron chi connectivity index (χ0n) is 3.04. The molecule has 0 saturated carbocycles. The molecular formula is C2H5GaI2. The van der Waals surface area contributed by atoms with Gasteiger partial charge in [0.2, 0.25) is 0 Å². The Morgan fingerprint density at radius 3 is 1.80 bits per heavy atom. The topological polar surface area (TPSA) is 0 Å². The second-order valence-corrected chi connectivity index (χ2v) is 32.2. The Labute approximate surface area is 59.3 Å². The van der Waals surface area contributed by atoms with Crippen molar-refractivity contribution in [2.45, 2.75) is 11.9 Å². The van der Waals surface area contributed by atoms with Gasteiger partial charge in [0.1, 0.15) is 0 Å². The summed E-state index contributed by atoms with van der Waals surface area (Å²) >= 11 is 5.16. The quantitative estimate of drug-likeness (QED) is 0.502. The van der Waals surface area contributed by atoms with Crippen LogP contribution in [0, 0.1) is 0 Å². The van der Waals surface area contributed by atoms with Gasteiger partial charge in [-0.3, -0.25) is 0 Å². The van der Waals surface area contributed by atoms with E-state index < -0.39 is 9.12 Å². The van der Waals surface area contributed by atoms with Crippen LogP contribution in [0.2, 0.25) is 4.98 Å². The summed E-state index contributed by atoms with van der Waals surface area (Å²) in [6, 6.07) is 0. The van der Waals surface area contributed by atoms with E-state index in [2.05, 4.69) is 46.3 Å². The van der Waals surface area contributed by atoms with Crippen molar-refractivity contribution >= 4 is 48.5 Å². The van der Waals surface area contributed by atoms with Crippen LogP contribution < -0.4 is 0 Å². The van der Waals surface area contributed by atoms with Crippen molar-refractivity contribution in [3.8, 4) is 0 Å². The average Bonchev–Trinajstić information content (AvgIpc) is 1.38. The zero-order valence-corrected chi connectivity index (χ0v) is 9.78. The van der Waals surface area contributed by atoms with Gasteiger partial charge < -0.3 is 0 Å². The zero-order chi connectivity index (χ0) is 4.28. The van der Waals surface area contributed by atoms with Gasteiger partial charge in [-0.05, 0) is 0 Å². The summed E-state index contributed by atoms with van der Waals surface area (Å²) in [5.74, 6) is 0. The summed E-state index contributed by atoms with van der Waals surface area (Å²) in [7, 11) is -0.572. The molecule has 0 aliphatic carbocycles. The first-order chi connectivity index (χ1) is 2.27. The summed E-state index contributed by atoms with van der Waals surface area (Å²) < 4.78 is 0. The van der Waals surface area contributed by atoms with Crippen LogP contribution in [0.4, 0.5) is 0 Å². The van der Waals surface area contributed by atoms with Gasteiger partial charge in [0.15, 0.2) is 0 Å². The summed E-state index contributed by atoms with van der Waals surface area (Å²) in [5, 5.41) is 0. The maximum atomic E-state index is 2.58. The Kier molecular flexibility index (Phi) is 6.05. The van der Waals surface area contributed by atoms with Gasteiger partial charge in [-0.15, -0.1) is 0 Å². The molecule has 0 atom stereocenters. The van der Waals surface area contributed by atoms with Crippen LogP contribution >= 0.6 is 39.3 Å². The Balaban J connectivity index is 2.54. The summed E-state index contributed by atoms with van der Waals surface area (Å²) in [4.78, 5) is 1.47. The molecule has 0 rings (SSSR count). The Hall–Kier alpha value is 2.10. The number of hydrogen-bond acceptors (Lipinski definition) is 0. The first-order valence-corrected chi connectivity index (χ1v) is 18.0. The van der Waals surface area contributed by atoms with Gasteiger partial charge >= 0.3 is 60.4 Å². The van der Waals surface area contributed by atoms with Crippen LogP contribution in [0.25, 0.3) is 0 Å². The number of rotatable bonds is 1. The van der Waals surface area contributed by atoms with Crippen molar-refractivity contribution in [3.05, 3.63) is 0 Å². The van der Waals surface area contributed by atoms with Crippen molar-refractivity contribution in [3.63, 3.8) is 0 Å². The molecule has 0 aliphatic rings. The predicted octanol–water partition coefficient (Wildman–Crippen LogP) is 2.36. The van der Waals surface area contributed by atoms with E-state index in [9.17, 15) is 0 Å². The molecule has 5 heavy (non-hydrogen) atoms. The van der Waals surface area contributed by atoms with Crippen LogP contribution in [0.5, 0.6) is 0 Å². The fourth-order valence-corrected chi connectivity index (χ4v) is 0. The van der Waals surface area contributed by atoms with E-state index in [1.165, 1.54) is 4.98 Å². The van der Waals surface area contributed by atoms with Gasteiger partial charge in [0, 0.05) is 0 Å². The molecule has 0 aliphatic heterocycles. The van der Waals surface area contributed by atoms with E-state index >= 15 is 0 Å². The molecule has 0 spiro atoms. The SMILES string of the molecule is C[CH2][Ga]([I])[I]. The van der Waals surface area contributed by atoms with Crippen LogP contribution in [-0.2, 0) is 0 Å². The fraction of sp³-hybridized carbons (Fsp3) is 1.00. The summed E-state index contributed by atoms with van der Waals surface area (Å²) in [6.45, 7) is 2.27. The molecule has 0 aromatic rings. The molecule has 0 nitrogen and oxygen atoms in total. The molecule has 0 bridgehead atoms. The standard InChI is InChI=1S/C2H5.Ga.2HI/c1-2;;;/h1H2,2H3;;2*1H/q;+2;;/p-2. The molecule has 0 unspecified atom stereocenters. The van der Waals surface area contributed by atoms with Crippen molar-refractivity contribution < 1.29 is 0 Å². The Morgan fingerprint density at radius 2 is 1.80 bits per heavy atom. The molecule has 30 valence electrons. The second-order valence-electron chi connectivity index (χ2n) is 0.799. The van der Waals surface area contributed by atoms with Gasteiger partial charge in [-0.1, -0.05) is 0 Å². The van der Waals surface area contributed by atoms with Crippen LogP contribution in [0.1, 0.15) is 6.92 Å². The van der Waals surface area contributed by atoms with E-state index in [1.807, 2.05) is 0 Å². The minimum atomic E-state index is -0.572. The Bertz CT molecular complexity index is 21.6. The van der Waals surface area contributed by atoms with Gasteiger partial charge in [0.25, 0.3) is 0 Å². The number of halogens is 2. The minimum absolute atomic E-state index is 0.572. The van der Waals surface area contributed by atoms with Crippen LogP contribution in [0.15, 0.2) is 0 Å². The molecule has 3 heteroatoms. The van der Waals surface area contributed by atoms with Gasteiger partial charge in [0.05, 0.1) is 0 Å². The molecule has 0 fully saturated rings. The molecule has 0 aromatic carbocycles. The normalized spacial score (nSPS) is 7.80. The fourth-order valence-electron chi connectivity index (χ4n) is 0. The first-order valence-electron chi connectivity index (χ1n) is 1.55. The third-order valence-corrected chi connectivity index (χ3v) is 10.8. The molecule has 0 N–H and O–H groups in total. The van der Waals surface area contributed by atoms with Gasteiger partial charge in [-0.25, -0.2) is 0 Å². The van der Waals surface area contributed by atoms with Crippen molar-refractivity contribution in [1.82, 2.24) is 0 Å². The molecular weight excluding hydrogens is 348 g/mol. The molecule has 0 saturated heterocycles. The third kappa shape index (κ3) is 6.10. The Morgan fingerprint density at radius 1 is 1.60 bits per heavy atom. The van der Waals surface area contributed by atoms with E-state index in [0.29, 0.717) is 0 Å². The molecule has 0 radical (unpaired) electrons. The number of hydrogen-bond donors (Lipinski definition) is 0.